The van der Waals surface area contributed by atoms with E-state index in [0.29, 0.717) is 22.7 Å². The van der Waals surface area contributed by atoms with Gasteiger partial charge in [-0.25, -0.2) is 0 Å². The number of β-lactam (4-membered cyclic amide) rings is 1. The summed E-state index contributed by atoms with van der Waals surface area (Å²) in [6.07, 6.45) is 0. The van der Waals surface area contributed by atoms with Crippen LogP contribution in [0.15, 0.2) is 59.1 Å². The largest absolute Gasteiger partial charge is 0.454 e. The molecule has 3 aromatic rings. The van der Waals surface area contributed by atoms with Crippen LogP contribution in [0.25, 0.3) is 0 Å². The quantitative estimate of drug-likeness (QED) is 0.207. The van der Waals surface area contributed by atoms with E-state index in [4.69, 9.17) is 9.47 Å². The first-order chi connectivity index (χ1) is 17.3. The average Bonchev–Trinajstić information content (AvgIpc) is 3.42. The van der Waals surface area contributed by atoms with Crippen LogP contribution < -0.4 is 14.4 Å². The number of fused-ring (bicyclic) bond motifs is 2. The first kappa shape index (κ1) is 22.2. The summed E-state index contributed by atoms with van der Waals surface area (Å²) in [5.41, 5.74) is 1.23. The van der Waals surface area contributed by atoms with E-state index in [9.17, 15) is 24.5 Å². The number of aryl methyl sites for hydroxylation is 1. The maximum atomic E-state index is 13.6. The summed E-state index contributed by atoms with van der Waals surface area (Å²) in [5.74, 6) is -1.05. The van der Waals surface area contributed by atoms with E-state index < -0.39 is 40.4 Å². The van der Waals surface area contributed by atoms with Crippen LogP contribution in [-0.2, 0) is 4.79 Å². The summed E-state index contributed by atoms with van der Waals surface area (Å²) in [7, 11) is 0. The SMILES string of the molecule is Cc1cc(N2C(=O)[C@@H](N3C(=O)c4cccc([N+](=O)[O-])c4C3=O)[C@H]2c2ccc3c(c2)OCO3)ccc1Br. The monoisotopic (exact) mass is 549 g/mol. The maximum absolute atomic E-state index is 13.6. The summed E-state index contributed by atoms with van der Waals surface area (Å²) >= 11 is 3.46. The number of benzene rings is 3. The molecule has 1 saturated heterocycles. The maximum Gasteiger partial charge on any atom is 0.282 e. The highest BCUT2D eigenvalue weighted by Crippen LogP contribution is 2.47. The Labute approximate surface area is 212 Å². The molecule has 0 bridgehead atoms. The molecule has 180 valence electrons. The lowest BCUT2D eigenvalue weighted by Gasteiger charge is -2.49. The molecule has 6 rings (SSSR count). The van der Waals surface area contributed by atoms with Gasteiger partial charge in [-0.3, -0.25) is 29.4 Å². The van der Waals surface area contributed by atoms with Crippen molar-refractivity contribution in [2.45, 2.75) is 19.0 Å². The number of carbonyl (C=O) groups excluding carboxylic acids is 3. The predicted octanol–water partition coefficient (Wildman–Crippen LogP) is 4.15. The fourth-order valence-electron chi connectivity index (χ4n) is 4.91. The van der Waals surface area contributed by atoms with Crippen molar-refractivity contribution < 1.29 is 28.8 Å². The number of anilines is 1. The number of nitro benzene ring substituents is 1. The fourth-order valence-corrected chi connectivity index (χ4v) is 5.16. The van der Waals surface area contributed by atoms with Crippen molar-refractivity contribution >= 4 is 45.0 Å². The second-order valence-corrected chi connectivity index (χ2v) is 9.44. The molecule has 36 heavy (non-hydrogen) atoms. The predicted molar refractivity (Wildman–Crippen MR) is 129 cm³/mol. The number of halogens is 1. The summed E-state index contributed by atoms with van der Waals surface area (Å²) in [6.45, 7) is 1.94. The van der Waals surface area contributed by atoms with Crippen LogP contribution in [0, 0.1) is 17.0 Å². The van der Waals surface area contributed by atoms with Gasteiger partial charge in [-0.05, 0) is 54.4 Å². The van der Waals surface area contributed by atoms with Gasteiger partial charge in [0, 0.05) is 16.2 Å². The summed E-state index contributed by atoms with van der Waals surface area (Å²) in [6, 6.07) is 12.5. The van der Waals surface area contributed by atoms with E-state index in [1.54, 1.807) is 24.3 Å². The van der Waals surface area contributed by atoms with Crippen LogP contribution in [0.3, 0.4) is 0 Å². The Bertz CT molecular complexity index is 1520. The molecule has 1 fully saturated rings. The second kappa shape index (κ2) is 7.89. The number of hydrogen-bond acceptors (Lipinski definition) is 7. The van der Waals surface area contributed by atoms with Crippen molar-refractivity contribution in [3.63, 3.8) is 0 Å². The third-order valence-corrected chi connectivity index (χ3v) is 7.51. The smallest absolute Gasteiger partial charge is 0.282 e. The van der Waals surface area contributed by atoms with Crippen molar-refractivity contribution in [3.05, 3.63) is 91.4 Å². The zero-order chi connectivity index (χ0) is 25.3. The van der Waals surface area contributed by atoms with Crippen LogP contribution in [0.2, 0.25) is 0 Å². The van der Waals surface area contributed by atoms with Crippen molar-refractivity contribution in [3.8, 4) is 11.5 Å². The molecule has 0 radical (unpaired) electrons. The number of carbonyl (C=O) groups is 3. The lowest BCUT2D eigenvalue weighted by Crippen LogP contribution is -2.67. The van der Waals surface area contributed by atoms with Crippen LogP contribution in [0.4, 0.5) is 11.4 Å². The molecule has 3 heterocycles. The Kier molecular flexibility index (Phi) is 4.87. The normalized spacial score (nSPS) is 20.0. The van der Waals surface area contributed by atoms with E-state index >= 15 is 0 Å². The van der Waals surface area contributed by atoms with Gasteiger partial charge < -0.3 is 14.4 Å². The van der Waals surface area contributed by atoms with Crippen molar-refractivity contribution in [1.29, 1.82) is 0 Å². The van der Waals surface area contributed by atoms with Gasteiger partial charge in [0.15, 0.2) is 11.5 Å². The first-order valence-electron chi connectivity index (χ1n) is 10.9. The van der Waals surface area contributed by atoms with Gasteiger partial charge in [0.05, 0.1) is 16.5 Å². The van der Waals surface area contributed by atoms with E-state index in [1.165, 1.54) is 23.1 Å². The van der Waals surface area contributed by atoms with Gasteiger partial charge in [0.1, 0.15) is 11.6 Å². The molecule has 3 aliphatic heterocycles. The van der Waals surface area contributed by atoms with Crippen molar-refractivity contribution in [1.82, 2.24) is 4.90 Å². The molecular formula is C25H16BrN3O7. The van der Waals surface area contributed by atoms with Gasteiger partial charge in [-0.2, -0.15) is 0 Å². The summed E-state index contributed by atoms with van der Waals surface area (Å²) < 4.78 is 11.8. The third kappa shape index (κ3) is 3.05. The van der Waals surface area contributed by atoms with Crippen LogP contribution >= 0.6 is 15.9 Å². The minimum Gasteiger partial charge on any atom is -0.454 e. The lowest BCUT2D eigenvalue weighted by atomic mass is 9.86. The molecule has 2 atom stereocenters. The average molecular weight is 550 g/mol. The number of imide groups is 1. The number of nitro groups is 1. The number of ether oxygens (including phenoxy) is 2. The molecule has 11 heteroatoms. The Morgan fingerprint density at radius 1 is 0.944 bits per heavy atom. The molecule has 3 aromatic carbocycles. The van der Waals surface area contributed by atoms with Crippen LogP contribution in [0.1, 0.15) is 37.9 Å². The van der Waals surface area contributed by atoms with E-state index in [-0.39, 0.29) is 17.9 Å². The molecule has 0 saturated carbocycles. The standard InChI is InChI=1S/C25H16BrN3O7/c1-12-9-14(6-7-16(12)26)27-21(13-5-8-18-19(10-13)36-11-35-18)22(25(27)32)28-23(30)15-3-2-4-17(29(33)34)20(15)24(28)31/h2-10,21-22H,11H2,1H3/t21-,22+/m1/s1. The Hall–Kier alpha value is -4.25. The fraction of sp³-hybridized carbons (Fsp3) is 0.160. The van der Waals surface area contributed by atoms with Crippen LogP contribution in [0.5, 0.6) is 11.5 Å². The Balaban J connectivity index is 1.46. The van der Waals surface area contributed by atoms with Gasteiger partial charge in [-0.1, -0.05) is 28.1 Å². The molecule has 10 nitrogen and oxygen atoms in total. The molecule has 3 amide bonds. The Morgan fingerprint density at radius 2 is 1.72 bits per heavy atom. The second-order valence-electron chi connectivity index (χ2n) is 8.58. The molecule has 0 aliphatic carbocycles. The molecule has 0 spiro atoms. The zero-order valence-corrected chi connectivity index (χ0v) is 20.2. The third-order valence-electron chi connectivity index (χ3n) is 6.62. The van der Waals surface area contributed by atoms with Crippen LogP contribution in [-0.4, -0.2) is 40.4 Å². The van der Waals surface area contributed by atoms with E-state index in [1.807, 2.05) is 19.1 Å². The Morgan fingerprint density at radius 3 is 2.47 bits per heavy atom. The van der Waals surface area contributed by atoms with Gasteiger partial charge in [0.2, 0.25) is 6.79 Å². The van der Waals surface area contributed by atoms with Gasteiger partial charge in [0.25, 0.3) is 23.4 Å². The topological polar surface area (TPSA) is 119 Å². The highest BCUT2D eigenvalue weighted by molar-refractivity contribution is 9.10. The highest BCUT2D eigenvalue weighted by Gasteiger charge is 2.58. The van der Waals surface area contributed by atoms with Crippen molar-refractivity contribution in [2.75, 3.05) is 11.7 Å². The number of amides is 3. The number of nitrogens with zero attached hydrogens (tertiary/aromatic N) is 3. The van der Waals surface area contributed by atoms with E-state index in [0.717, 1.165) is 14.9 Å². The molecular weight excluding hydrogens is 534 g/mol. The summed E-state index contributed by atoms with van der Waals surface area (Å²) in [4.78, 5) is 53.5. The minimum atomic E-state index is -1.19. The number of hydrogen-bond donors (Lipinski definition) is 0. The van der Waals surface area contributed by atoms with E-state index in [2.05, 4.69) is 15.9 Å². The first-order valence-corrected chi connectivity index (χ1v) is 11.7. The summed E-state index contributed by atoms with van der Waals surface area (Å²) in [5, 5.41) is 11.5. The highest BCUT2D eigenvalue weighted by atomic mass is 79.9. The lowest BCUT2D eigenvalue weighted by molar-refractivity contribution is -0.385. The van der Waals surface area contributed by atoms with Crippen molar-refractivity contribution in [2.24, 2.45) is 0 Å². The minimum absolute atomic E-state index is 0.0590. The van der Waals surface area contributed by atoms with Gasteiger partial charge in [-0.15, -0.1) is 0 Å². The number of rotatable bonds is 4. The zero-order valence-electron chi connectivity index (χ0n) is 18.6. The van der Waals surface area contributed by atoms with Gasteiger partial charge >= 0.3 is 0 Å². The molecule has 0 unspecified atom stereocenters. The molecule has 0 N–H and O–H groups in total. The molecule has 0 aromatic heterocycles. The molecule has 3 aliphatic rings.